The Morgan fingerprint density at radius 1 is 0.935 bits per heavy atom. The molecule has 0 radical (unpaired) electrons. The van der Waals surface area contributed by atoms with E-state index in [0.717, 1.165) is 37.7 Å². The van der Waals surface area contributed by atoms with Crippen molar-refractivity contribution in [3.05, 3.63) is 64.7 Å². The van der Waals surface area contributed by atoms with Crippen LogP contribution >= 0.6 is 11.6 Å². The number of benzene rings is 2. The summed E-state index contributed by atoms with van der Waals surface area (Å²) in [4.78, 5) is 24.2. The van der Waals surface area contributed by atoms with Crippen LogP contribution in [0.3, 0.4) is 0 Å². The second-order valence-corrected chi connectivity index (χ2v) is 9.69. The van der Waals surface area contributed by atoms with Crippen molar-refractivity contribution in [1.82, 2.24) is 15.4 Å². The number of carbonyl (C=O) groups excluding carboxylic acids is 2. The zero-order valence-corrected chi connectivity index (χ0v) is 18.6. The maximum Gasteiger partial charge on any atom is 0.328 e. The largest absolute Gasteiger partial charge is 0.352 e. The van der Waals surface area contributed by atoms with Gasteiger partial charge in [-0.05, 0) is 61.2 Å². The molecule has 3 N–H and O–H groups in total. The molecule has 7 nitrogen and oxygen atoms in total. The molecule has 2 aromatic carbocycles. The molecule has 2 aromatic rings. The number of sulfonamides is 1. The van der Waals surface area contributed by atoms with Gasteiger partial charge in [0.25, 0.3) is 15.9 Å². The van der Waals surface area contributed by atoms with E-state index in [-0.39, 0.29) is 16.8 Å². The van der Waals surface area contributed by atoms with Crippen LogP contribution in [0.5, 0.6) is 0 Å². The lowest BCUT2D eigenvalue weighted by Crippen LogP contribution is -2.45. The van der Waals surface area contributed by atoms with E-state index in [1.54, 1.807) is 36.4 Å². The molecule has 1 fully saturated rings. The van der Waals surface area contributed by atoms with E-state index < -0.39 is 16.1 Å². The van der Waals surface area contributed by atoms with Crippen LogP contribution in [0.25, 0.3) is 0 Å². The van der Waals surface area contributed by atoms with Crippen LogP contribution in [0.1, 0.15) is 48.0 Å². The van der Waals surface area contributed by atoms with Gasteiger partial charge in [-0.3, -0.25) is 4.79 Å². The van der Waals surface area contributed by atoms with Gasteiger partial charge in [-0.15, -0.1) is 0 Å². The van der Waals surface area contributed by atoms with Crippen molar-refractivity contribution >= 4 is 33.6 Å². The molecule has 1 aliphatic rings. The Bertz CT molecular complexity index is 1000. The molecule has 0 unspecified atom stereocenters. The van der Waals surface area contributed by atoms with Crippen molar-refractivity contribution < 1.29 is 18.0 Å². The molecule has 0 heterocycles. The van der Waals surface area contributed by atoms with Crippen molar-refractivity contribution in [1.29, 1.82) is 0 Å². The number of hydrogen-bond acceptors (Lipinski definition) is 4. The summed E-state index contributed by atoms with van der Waals surface area (Å²) in [6.45, 7) is 0.398. The van der Waals surface area contributed by atoms with Gasteiger partial charge in [0.2, 0.25) is 0 Å². The van der Waals surface area contributed by atoms with Crippen LogP contribution in [0, 0.1) is 0 Å². The van der Waals surface area contributed by atoms with E-state index in [1.807, 2.05) is 0 Å². The van der Waals surface area contributed by atoms with Gasteiger partial charge in [-0.1, -0.05) is 43.0 Å². The number of urea groups is 1. The third kappa shape index (κ3) is 6.97. The second-order valence-electron chi connectivity index (χ2n) is 7.57. The van der Waals surface area contributed by atoms with Gasteiger partial charge >= 0.3 is 6.03 Å². The van der Waals surface area contributed by atoms with Crippen LogP contribution in [0.15, 0.2) is 53.4 Å². The molecule has 1 saturated carbocycles. The Morgan fingerprint density at radius 2 is 1.58 bits per heavy atom. The van der Waals surface area contributed by atoms with Gasteiger partial charge in [0.15, 0.2) is 0 Å². The minimum Gasteiger partial charge on any atom is -0.352 e. The molecule has 0 aliphatic heterocycles. The van der Waals surface area contributed by atoms with Gasteiger partial charge in [0.05, 0.1) is 4.90 Å². The summed E-state index contributed by atoms with van der Waals surface area (Å²) in [6.07, 6.45) is 5.51. The summed E-state index contributed by atoms with van der Waals surface area (Å²) in [7, 11) is -3.94. The predicted octanol–water partition coefficient (Wildman–Crippen LogP) is 3.63. The minimum absolute atomic E-state index is 0.0141. The lowest BCUT2D eigenvalue weighted by Gasteiger charge is -2.22. The van der Waals surface area contributed by atoms with E-state index in [4.69, 9.17) is 11.6 Å². The normalized spacial score (nSPS) is 14.6. The van der Waals surface area contributed by atoms with E-state index in [2.05, 4.69) is 15.4 Å². The SMILES string of the molecule is O=C(NC1CCCCC1)NS(=O)(=O)c1ccc(CCNC(=O)c2ccc(Cl)cc2)cc1. The first-order chi connectivity index (χ1) is 14.8. The zero-order valence-electron chi connectivity index (χ0n) is 17.1. The van der Waals surface area contributed by atoms with E-state index in [9.17, 15) is 18.0 Å². The van der Waals surface area contributed by atoms with Crippen molar-refractivity contribution in [2.24, 2.45) is 0 Å². The highest BCUT2D eigenvalue weighted by Crippen LogP contribution is 2.17. The summed E-state index contributed by atoms with van der Waals surface area (Å²) in [5.41, 5.74) is 1.38. The van der Waals surface area contributed by atoms with Gasteiger partial charge in [-0.2, -0.15) is 0 Å². The summed E-state index contributed by atoms with van der Waals surface area (Å²) in [6, 6.07) is 12.2. The first-order valence-electron chi connectivity index (χ1n) is 10.3. The molecule has 0 atom stereocenters. The molecule has 0 spiro atoms. The third-order valence-corrected chi connectivity index (χ3v) is 6.81. The molecule has 31 heavy (non-hydrogen) atoms. The lowest BCUT2D eigenvalue weighted by atomic mass is 9.96. The standard InChI is InChI=1S/C22H26ClN3O4S/c23-18-10-8-17(9-11-18)21(27)24-15-14-16-6-12-20(13-7-16)31(29,30)26-22(28)25-19-4-2-1-3-5-19/h6-13,19H,1-5,14-15H2,(H,24,27)(H2,25,26,28). The number of rotatable bonds is 7. The second kappa shape index (κ2) is 10.6. The zero-order chi connectivity index (χ0) is 22.3. The van der Waals surface area contributed by atoms with E-state index in [0.29, 0.717) is 23.6 Å². The smallest absolute Gasteiger partial charge is 0.328 e. The fourth-order valence-corrected chi connectivity index (χ4v) is 4.54. The maximum atomic E-state index is 12.4. The maximum absolute atomic E-state index is 12.4. The quantitative estimate of drug-likeness (QED) is 0.583. The number of carbonyl (C=O) groups is 2. The molecule has 3 rings (SSSR count). The fraction of sp³-hybridized carbons (Fsp3) is 0.364. The molecule has 0 saturated heterocycles. The van der Waals surface area contributed by atoms with Crippen LogP contribution < -0.4 is 15.4 Å². The minimum atomic E-state index is -3.94. The summed E-state index contributed by atoms with van der Waals surface area (Å²) >= 11 is 5.82. The van der Waals surface area contributed by atoms with Crippen molar-refractivity contribution in [3.63, 3.8) is 0 Å². The van der Waals surface area contributed by atoms with Crippen LogP contribution in [-0.2, 0) is 16.4 Å². The van der Waals surface area contributed by atoms with Gasteiger partial charge in [0, 0.05) is 23.2 Å². The average Bonchev–Trinajstić information content (AvgIpc) is 2.75. The predicted molar refractivity (Wildman–Crippen MR) is 120 cm³/mol. The highest BCUT2D eigenvalue weighted by Gasteiger charge is 2.21. The molecule has 3 amide bonds. The fourth-order valence-electron chi connectivity index (χ4n) is 3.50. The topological polar surface area (TPSA) is 104 Å². The van der Waals surface area contributed by atoms with Crippen molar-refractivity contribution in [2.45, 2.75) is 49.5 Å². The van der Waals surface area contributed by atoms with Crippen LogP contribution in [0.2, 0.25) is 5.02 Å². The first kappa shape index (κ1) is 23.1. The average molecular weight is 464 g/mol. The number of halogens is 1. The molecule has 0 bridgehead atoms. The van der Waals surface area contributed by atoms with Crippen LogP contribution in [0.4, 0.5) is 4.79 Å². The third-order valence-electron chi connectivity index (χ3n) is 5.21. The Balaban J connectivity index is 1.48. The van der Waals surface area contributed by atoms with E-state index >= 15 is 0 Å². The highest BCUT2D eigenvalue weighted by molar-refractivity contribution is 7.90. The van der Waals surface area contributed by atoms with E-state index in [1.165, 1.54) is 12.1 Å². The summed E-state index contributed by atoms with van der Waals surface area (Å²) in [5.74, 6) is -0.205. The first-order valence-corrected chi connectivity index (χ1v) is 12.2. The Labute approximate surface area is 187 Å². The van der Waals surface area contributed by atoms with Gasteiger partial charge < -0.3 is 10.6 Å². The summed E-state index contributed by atoms with van der Waals surface area (Å²) < 4.78 is 27.0. The Kier molecular flexibility index (Phi) is 7.92. The molecule has 166 valence electrons. The van der Waals surface area contributed by atoms with Gasteiger partial charge in [-0.25, -0.2) is 17.9 Å². The molecule has 9 heteroatoms. The monoisotopic (exact) mass is 463 g/mol. The molecule has 1 aliphatic carbocycles. The lowest BCUT2D eigenvalue weighted by molar-refractivity contribution is 0.0954. The molecule has 0 aromatic heterocycles. The number of nitrogens with one attached hydrogen (secondary N) is 3. The number of hydrogen-bond donors (Lipinski definition) is 3. The Morgan fingerprint density at radius 3 is 2.23 bits per heavy atom. The Hall–Kier alpha value is -2.58. The van der Waals surface area contributed by atoms with Crippen LogP contribution in [-0.4, -0.2) is 32.9 Å². The summed E-state index contributed by atoms with van der Waals surface area (Å²) in [5, 5.41) is 6.11. The highest BCUT2D eigenvalue weighted by atomic mass is 35.5. The van der Waals surface area contributed by atoms with Gasteiger partial charge in [0.1, 0.15) is 0 Å². The van der Waals surface area contributed by atoms with Crippen molar-refractivity contribution in [2.75, 3.05) is 6.54 Å². The van der Waals surface area contributed by atoms with Crippen molar-refractivity contribution in [3.8, 4) is 0 Å². The number of amides is 3. The molecular weight excluding hydrogens is 438 g/mol. The molecular formula is C22H26ClN3O4S.